The predicted octanol–water partition coefficient (Wildman–Crippen LogP) is 0.628. The first kappa shape index (κ1) is 13.0. The van der Waals surface area contributed by atoms with E-state index in [1.54, 1.807) is 0 Å². The smallest absolute Gasteiger partial charge is 0.124 e. The lowest BCUT2D eigenvalue weighted by molar-refractivity contribution is 0.412. The van der Waals surface area contributed by atoms with E-state index in [9.17, 15) is 20.4 Å². The second-order valence-corrected chi connectivity index (χ2v) is 4.27. The minimum atomic E-state index is -1.77. The van der Waals surface area contributed by atoms with Gasteiger partial charge in [0.1, 0.15) is 28.7 Å². The van der Waals surface area contributed by atoms with Crippen LogP contribution in [0.2, 0.25) is 0 Å². The summed E-state index contributed by atoms with van der Waals surface area (Å²) in [4.78, 5) is 0. The third-order valence-corrected chi connectivity index (χ3v) is 2.85. The van der Waals surface area contributed by atoms with Crippen molar-refractivity contribution in [2.75, 3.05) is 0 Å². The van der Waals surface area contributed by atoms with Crippen LogP contribution < -0.4 is 11.5 Å². The van der Waals surface area contributed by atoms with Gasteiger partial charge in [-0.05, 0) is 36.4 Å². The molecule has 2 aromatic carbocycles. The largest absolute Gasteiger partial charge is 0.508 e. The molecule has 100 valence electrons. The Hall–Kier alpha value is -2.44. The van der Waals surface area contributed by atoms with Gasteiger partial charge in [0.2, 0.25) is 0 Å². The van der Waals surface area contributed by atoms with Crippen LogP contribution in [0.15, 0.2) is 36.4 Å². The van der Waals surface area contributed by atoms with Gasteiger partial charge in [0, 0.05) is 11.1 Å². The zero-order valence-electron chi connectivity index (χ0n) is 9.91. The monoisotopic (exact) mass is 262 g/mol. The molecular weight excluding hydrogens is 248 g/mol. The summed E-state index contributed by atoms with van der Waals surface area (Å²) in [5.74, 6) is -0.725. The normalized spacial score (nSPS) is 11.5. The molecule has 19 heavy (non-hydrogen) atoms. The van der Waals surface area contributed by atoms with E-state index in [1.807, 2.05) is 0 Å². The second-order valence-electron chi connectivity index (χ2n) is 4.27. The highest BCUT2D eigenvalue weighted by Gasteiger charge is 2.31. The van der Waals surface area contributed by atoms with Crippen molar-refractivity contribution in [3.63, 3.8) is 0 Å². The minimum absolute atomic E-state index is 0.0217. The Bertz CT molecular complexity index is 573. The third kappa shape index (κ3) is 2.26. The SMILES string of the molecule is NC(N)(c1cc(O)ccc1O)c1cc(O)ccc1O. The van der Waals surface area contributed by atoms with Crippen LogP contribution >= 0.6 is 0 Å². The van der Waals surface area contributed by atoms with E-state index < -0.39 is 5.66 Å². The van der Waals surface area contributed by atoms with Gasteiger partial charge in [-0.15, -0.1) is 0 Å². The Morgan fingerprint density at radius 3 is 1.42 bits per heavy atom. The van der Waals surface area contributed by atoms with Crippen molar-refractivity contribution in [2.45, 2.75) is 5.66 Å². The Morgan fingerprint density at radius 1 is 0.684 bits per heavy atom. The van der Waals surface area contributed by atoms with Gasteiger partial charge in [-0.1, -0.05) is 0 Å². The first-order valence-corrected chi connectivity index (χ1v) is 5.45. The molecule has 6 heteroatoms. The molecule has 0 saturated carbocycles. The van der Waals surface area contributed by atoms with Crippen LogP contribution in [-0.4, -0.2) is 20.4 Å². The molecule has 0 saturated heterocycles. The number of phenols is 4. The Morgan fingerprint density at radius 2 is 1.05 bits per heavy atom. The van der Waals surface area contributed by atoms with Crippen LogP contribution in [0.5, 0.6) is 23.0 Å². The first-order chi connectivity index (χ1) is 8.82. The molecule has 0 aliphatic carbocycles. The number of hydrogen-bond acceptors (Lipinski definition) is 6. The van der Waals surface area contributed by atoms with Crippen LogP contribution in [-0.2, 0) is 5.66 Å². The van der Waals surface area contributed by atoms with Crippen molar-refractivity contribution in [3.05, 3.63) is 47.5 Å². The van der Waals surface area contributed by atoms with E-state index >= 15 is 0 Å². The summed E-state index contributed by atoms with van der Waals surface area (Å²) in [7, 11) is 0. The number of nitrogens with two attached hydrogens (primary N) is 2. The van der Waals surface area contributed by atoms with Gasteiger partial charge in [-0.25, -0.2) is 0 Å². The highest BCUT2D eigenvalue weighted by Crippen LogP contribution is 2.36. The summed E-state index contributed by atoms with van der Waals surface area (Å²) >= 11 is 0. The number of hydrogen-bond donors (Lipinski definition) is 6. The summed E-state index contributed by atoms with van der Waals surface area (Å²) < 4.78 is 0. The van der Waals surface area contributed by atoms with Crippen molar-refractivity contribution < 1.29 is 20.4 Å². The topological polar surface area (TPSA) is 133 Å². The van der Waals surface area contributed by atoms with Crippen molar-refractivity contribution >= 4 is 0 Å². The molecule has 0 amide bonds. The van der Waals surface area contributed by atoms with Gasteiger partial charge in [-0.3, -0.25) is 0 Å². The molecule has 6 nitrogen and oxygen atoms in total. The Kier molecular flexibility index (Phi) is 2.97. The number of aromatic hydroxyl groups is 4. The average Bonchev–Trinajstić information content (AvgIpc) is 2.35. The molecule has 2 aromatic rings. The van der Waals surface area contributed by atoms with Crippen LogP contribution in [0.3, 0.4) is 0 Å². The summed E-state index contributed by atoms with van der Waals surface area (Å²) in [6.45, 7) is 0. The zero-order valence-corrected chi connectivity index (χ0v) is 9.91. The Balaban J connectivity index is 2.64. The van der Waals surface area contributed by atoms with Gasteiger partial charge in [-0.2, -0.15) is 0 Å². The van der Waals surface area contributed by atoms with Crippen molar-refractivity contribution in [3.8, 4) is 23.0 Å². The maximum absolute atomic E-state index is 9.78. The molecule has 0 aromatic heterocycles. The van der Waals surface area contributed by atoms with E-state index in [0.717, 1.165) is 0 Å². The van der Waals surface area contributed by atoms with Gasteiger partial charge in [0.25, 0.3) is 0 Å². The molecule has 0 heterocycles. The molecular formula is C13H14N2O4. The maximum Gasteiger partial charge on any atom is 0.124 e. The molecule has 0 atom stereocenters. The molecule has 8 N–H and O–H groups in total. The molecule has 0 unspecified atom stereocenters. The molecule has 0 spiro atoms. The van der Waals surface area contributed by atoms with Crippen LogP contribution in [0, 0.1) is 0 Å². The van der Waals surface area contributed by atoms with Crippen LogP contribution in [0.25, 0.3) is 0 Å². The fraction of sp³-hybridized carbons (Fsp3) is 0.0769. The Labute approximate surface area is 109 Å². The number of rotatable bonds is 2. The summed E-state index contributed by atoms with van der Waals surface area (Å²) in [5, 5.41) is 38.4. The van der Waals surface area contributed by atoms with E-state index in [-0.39, 0.29) is 34.1 Å². The standard InChI is InChI=1S/C13H14N2O4/c14-13(15,9-5-7(16)1-3-11(9)18)10-6-8(17)2-4-12(10)19/h1-6,16-19H,14-15H2. The molecule has 0 aliphatic heterocycles. The summed E-state index contributed by atoms with van der Waals surface area (Å²) in [6, 6.07) is 7.41. The van der Waals surface area contributed by atoms with Gasteiger partial charge in [0.15, 0.2) is 0 Å². The van der Waals surface area contributed by atoms with Crippen LogP contribution in [0.4, 0.5) is 0 Å². The lowest BCUT2D eigenvalue weighted by atomic mass is 9.91. The molecule has 0 radical (unpaired) electrons. The van der Waals surface area contributed by atoms with Crippen molar-refractivity contribution in [1.82, 2.24) is 0 Å². The molecule has 0 aliphatic rings. The summed E-state index contributed by atoms with van der Waals surface area (Å²) in [6.07, 6.45) is 0. The lowest BCUT2D eigenvalue weighted by Gasteiger charge is -2.27. The maximum atomic E-state index is 9.78. The third-order valence-electron chi connectivity index (χ3n) is 2.85. The number of benzene rings is 2. The second kappa shape index (κ2) is 4.34. The highest BCUT2D eigenvalue weighted by molar-refractivity contribution is 5.52. The highest BCUT2D eigenvalue weighted by atomic mass is 16.3. The average molecular weight is 262 g/mol. The van der Waals surface area contributed by atoms with E-state index in [4.69, 9.17) is 11.5 Å². The fourth-order valence-electron chi connectivity index (χ4n) is 1.86. The molecule has 0 fully saturated rings. The summed E-state index contributed by atoms with van der Waals surface area (Å²) in [5.41, 5.74) is 10.1. The predicted molar refractivity (Wildman–Crippen MR) is 68.7 cm³/mol. The minimum Gasteiger partial charge on any atom is -0.508 e. The zero-order chi connectivity index (χ0) is 14.2. The fourth-order valence-corrected chi connectivity index (χ4v) is 1.86. The first-order valence-electron chi connectivity index (χ1n) is 5.45. The quantitative estimate of drug-likeness (QED) is 0.347. The molecule has 2 rings (SSSR count). The number of phenolic OH excluding ortho intramolecular Hbond substituents is 4. The van der Waals surface area contributed by atoms with Gasteiger partial charge >= 0.3 is 0 Å². The van der Waals surface area contributed by atoms with Crippen molar-refractivity contribution in [1.29, 1.82) is 0 Å². The lowest BCUT2D eigenvalue weighted by Crippen LogP contribution is -2.47. The van der Waals surface area contributed by atoms with E-state index in [0.29, 0.717) is 0 Å². The van der Waals surface area contributed by atoms with Crippen molar-refractivity contribution in [2.24, 2.45) is 11.5 Å². The van der Waals surface area contributed by atoms with Crippen LogP contribution in [0.1, 0.15) is 11.1 Å². The van der Waals surface area contributed by atoms with E-state index in [1.165, 1.54) is 36.4 Å². The molecule has 0 bridgehead atoms. The van der Waals surface area contributed by atoms with Gasteiger partial charge < -0.3 is 31.9 Å². The van der Waals surface area contributed by atoms with E-state index in [2.05, 4.69) is 0 Å². The van der Waals surface area contributed by atoms with Gasteiger partial charge in [0.05, 0.1) is 0 Å².